The number of benzene rings is 2. The van der Waals surface area contributed by atoms with E-state index in [1.165, 1.54) is 53.6 Å². The molecule has 0 aliphatic carbocycles. The van der Waals surface area contributed by atoms with Crippen molar-refractivity contribution in [2.75, 3.05) is 35.0 Å². The summed E-state index contributed by atoms with van der Waals surface area (Å²) >= 11 is 0. The van der Waals surface area contributed by atoms with Crippen molar-refractivity contribution in [1.82, 2.24) is 0 Å². The molecule has 3 heterocycles. The van der Waals surface area contributed by atoms with E-state index in [9.17, 15) is 30.3 Å². The Bertz CT molecular complexity index is 1530. The Morgan fingerprint density at radius 2 is 1.44 bits per heavy atom. The zero-order chi connectivity index (χ0) is 32.6. The van der Waals surface area contributed by atoms with Gasteiger partial charge in [0.1, 0.15) is 58.7 Å². The third-order valence-electron chi connectivity index (χ3n) is 7.73. The van der Waals surface area contributed by atoms with Crippen molar-refractivity contribution in [3.8, 4) is 40.1 Å². The summed E-state index contributed by atoms with van der Waals surface area (Å²) in [5.41, 5.74) is 0.00974. The number of aliphatic hydroxyl groups excluding tert-OH is 5. The van der Waals surface area contributed by atoms with Crippen LogP contribution >= 0.6 is 0 Å². The minimum Gasteiger partial charge on any atom is -0.496 e. The van der Waals surface area contributed by atoms with Crippen molar-refractivity contribution < 1.29 is 67.8 Å². The number of aliphatic hydroxyl groups is 5. The van der Waals surface area contributed by atoms with Crippen LogP contribution in [0, 0.1) is 0 Å². The summed E-state index contributed by atoms with van der Waals surface area (Å²) in [6.45, 7) is 1.13. The van der Waals surface area contributed by atoms with E-state index in [0.29, 0.717) is 22.8 Å². The van der Waals surface area contributed by atoms with Gasteiger partial charge in [0.15, 0.2) is 29.3 Å². The Morgan fingerprint density at radius 1 is 0.756 bits per heavy atom. The average Bonchev–Trinajstić information content (AvgIpc) is 3.04. The van der Waals surface area contributed by atoms with Gasteiger partial charge in [-0.15, -0.1) is 0 Å². The van der Waals surface area contributed by atoms with Gasteiger partial charge < -0.3 is 67.8 Å². The van der Waals surface area contributed by atoms with E-state index < -0.39 is 60.7 Å². The van der Waals surface area contributed by atoms with Crippen LogP contribution in [0.25, 0.3) is 22.3 Å². The van der Waals surface area contributed by atoms with Crippen LogP contribution in [0.3, 0.4) is 0 Å². The number of hydrogen-bond donors (Lipinski definition) is 5. The SMILES string of the molecule is COc1cc(O[C@@H]2OC(C)[C@H](O)C(O)[C@@H]2O[C@@H]2OC[C@@H](O)[C@H](O)C2O)c2c(=O)cc(-c3cc(OC)c(OC)c(OC)c3)oc2c1. The lowest BCUT2D eigenvalue weighted by atomic mass is 9.99. The first kappa shape index (κ1) is 32.7. The van der Waals surface area contributed by atoms with Gasteiger partial charge in [-0.1, -0.05) is 0 Å². The van der Waals surface area contributed by atoms with Gasteiger partial charge >= 0.3 is 0 Å². The topological polar surface area (TPSA) is 205 Å². The molecule has 1 aromatic heterocycles. The van der Waals surface area contributed by atoms with Crippen molar-refractivity contribution in [3.05, 3.63) is 40.6 Å². The smallest absolute Gasteiger partial charge is 0.229 e. The zero-order valence-electron chi connectivity index (χ0n) is 25.1. The second kappa shape index (κ2) is 13.4. The monoisotopic (exact) mass is 636 g/mol. The maximum Gasteiger partial charge on any atom is 0.229 e. The van der Waals surface area contributed by atoms with Gasteiger partial charge in [-0.2, -0.15) is 0 Å². The molecule has 45 heavy (non-hydrogen) atoms. The molecule has 9 atom stereocenters. The quantitative estimate of drug-likeness (QED) is 0.212. The molecule has 0 radical (unpaired) electrons. The van der Waals surface area contributed by atoms with E-state index in [1.807, 2.05) is 0 Å². The van der Waals surface area contributed by atoms with Gasteiger partial charge in [-0.05, 0) is 19.1 Å². The van der Waals surface area contributed by atoms with Crippen molar-refractivity contribution in [1.29, 1.82) is 0 Å². The molecule has 0 saturated carbocycles. The van der Waals surface area contributed by atoms with Crippen molar-refractivity contribution >= 4 is 11.0 Å². The number of hydrogen-bond acceptors (Lipinski definition) is 15. The lowest BCUT2D eigenvalue weighted by Gasteiger charge is -2.44. The fourth-order valence-electron chi connectivity index (χ4n) is 5.23. The Labute approximate surface area is 256 Å². The van der Waals surface area contributed by atoms with Crippen LogP contribution < -0.4 is 29.1 Å². The molecule has 2 saturated heterocycles. The summed E-state index contributed by atoms with van der Waals surface area (Å²) in [5.74, 6) is 1.38. The molecule has 2 aliphatic rings. The largest absolute Gasteiger partial charge is 0.496 e. The van der Waals surface area contributed by atoms with Crippen molar-refractivity contribution in [2.24, 2.45) is 0 Å². The molecule has 2 aliphatic heterocycles. The zero-order valence-corrected chi connectivity index (χ0v) is 25.1. The second-order valence-corrected chi connectivity index (χ2v) is 10.5. The predicted octanol–water partition coefficient (Wildman–Crippen LogP) is 0.164. The van der Waals surface area contributed by atoms with Crippen LogP contribution in [-0.2, 0) is 14.2 Å². The van der Waals surface area contributed by atoms with E-state index >= 15 is 0 Å². The predicted molar refractivity (Wildman–Crippen MR) is 154 cm³/mol. The third-order valence-corrected chi connectivity index (χ3v) is 7.73. The highest BCUT2D eigenvalue weighted by molar-refractivity contribution is 5.86. The highest BCUT2D eigenvalue weighted by Gasteiger charge is 2.49. The first-order chi connectivity index (χ1) is 21.5. The number of fused-ring (bicyclic) bond motifs is 1. The summed E-state index contributed by atoms with van der Waals surface area (Å²) in [6, 6.07) is 7.38. The van der Waals surface area contributed by atoms with E-state index in [0.717, 1.165) is 0 Å². The Kier molecular flexibility index (Phi) is 9.71. The van der Waals surface area contributed by atoms with E-state index in [-0.39, 0.29) is 34.8 Å². The van der Waals surface area contributed by atoms with Gasteiger partial charge in [0.05, 0.1) is 41.2 Å². The highest BCUT2D eigenvalue weighted by atomic mass is 16.8. The van der Waals surface area contributed by atoms with E-state index in [4.69, 9.17) is 42.3 Å². The van der Waals surface area contributed by atoms with Crippen molar-refractivity contribution in [3.63, 3.8) is 0 Å². The molecule has 15 heteroatoms. The number of rotatable bonds is 9. The highest BCUT2D eigenvalue weighted by Crippen LogP contribution is 2.42. The summed E-state index contributed by atoms with van der Waals surface area (Å²) < 4.78 is 50.8. The van der Waals surface area contributed by atoms with Crippen LogP contribution in [0.1, 0.15) is 6.92 Å². The summed E-state index contributed by atoms with van der Waals surface area (Å²) in [7, 11) is 5.78. The molecule has 0 spiro atoms. The molecule has 246 valence electrons. The molecule has 15 nitrogen and oxygen atoms in total. The van der Waals surface area contributed by atoms with Gasteiger partial charge in [0.2, 0.25) is 12.0 Å². The molecule has 0 amide bonds. The normalized spacial score (nSPS) is 30.1. The Morgan fingerprint density at radius 3 is 2.07 bits per heavy atom. The fraction of sp³-hybridized carbons (Fsp3) is 0.500. The molecule has 3 aromatic rings. The lowest BCUT2D eigenvalue weighted by molar-refractivity contribution is -0.341. The Balaban J connectivity index is 1.54. The van der Waals surface area contributed by atoms with Crippen LogP contribution in [-0.4, -0.2) is 116 Å². The van der Waals surface area contributed by atoms with Crippen molar-refractivity contribution in [2.45, 2.75) is 62.2 Å². The number of methoxy groups -OCH3 is 4. The van der Waals surface area contributed by atoms with Gasteiger partial charge in [0.25, 0.3) is 0 Å². The van der Waals surface area contributed by atoms with Crippen LogP contribution in [0.2, 0.25) is 0 Å². The minimum atomic E-state index is -1.70. The first-order valence-corrected chi connectivity index (χ1v) is 14.0. The van der Waals surface area contributed by atoms with Gasteiger partial charge in [0, 0.05) is 23.8 Å². The third kappa shape index (κ3) is 6.25. The molecule has 3 unspecified atom stereocenters. The maximum absolute atomic E-state index is 13.6. The standard InChI is InChI=1S/C30H36O15/c1-12-23(33)25(35)28(45-29-26(36)24(34)16(32)11-41-29)30(42-12)44-19-9-14(37-2)8-18-22(19)15(31)10-17(43-18)13-6-20(38-3)27(40-5)21(7-13)39-4/h6-10,12,16,23-26,28-30,32-36H,11H2,1-5H3/t12?,16-,23+,24+,25?,26?,28+,29+,30+/m1/s1. The van der Waals surface area contributed by atoms with Gasteiger partial charge in [-0.3, -0.25) is 4.79 Å². The lowest BCUT2D eigenvalue weighted by Crippen LogP contribution is -2.62. The Hall–Kier alpha value is -3.67. The molecule has 2 aromatic carbocycles. The molecule has 5 N–H and O–H groups in total. The maximum atomic E-state index is 13.6. The van der Waals surface area contributed by atoms with Gasteiger partial charge in [-0.25, -0.2) is 0 Å². The minimum absolute atomic E-state index is 0.00454. The molecule has 5 rings (SSSR count). The summed E-state index contributed by atoms with van der Waals surface area (Å²) in [4.78, 5) is 13.6. The molecule has 0 bridgehead atoms. The summed E-state index contributed by atoms with van der Waals surface area (Å²) in [6.07, 6.45) is -13.1. The number of ether oxygens (including phenoxy) is 8. The van der Waals surface area contributed by atoms with Crippen LogP contribution in [0.5, 0.6) is 28.7 Å². The van der Waals surface area contributed by atoms with E-state index in [1.54, 1.807) is 12.1 Å². The molecular weight excluding hydrogens is 600 g/mol. The summed E-state index contributed by atoms with van der Waals surface area (Å²) in [5, 5.41) is 51.7. The second-order valence-electron chi connectivity index (χ2n) is 10.5. The van der Waals surface area contributed by atoms with Crippen LogP contribution in [0.4, 0.5) is 0 Å². The average molecular weight is 637 g/mol. The van der Waals surface area contributed by atoms with Crippen LogP contribution in [0.15, 0.2) is 39.5 Å². The molecule has 2 fully saturated rings. The molecular formula is C30H36O15. The van der Waals surface area contributed by atoms with E-state index in [2.05, 4.69) is 0 Å². The fourth-order valence-corrected chi connectivity index (χ4v) is 5.23. The first-order valence-electron chi connectivity index (χ1n) is 14.0.